The van der Waals surface area contributed by atoms with E-state index in [4.69, 9.17) is 5.11 Å². The van der Waals surface area contributed by atoms with Gasteiger partial charge in [0.1, 0.15) is 0 Å². The summed E-state index contributed by atoms with van der Waals surface area (Å²) >= 11 is 1.03. The molecule has 1 amide bonds. The second kappa shape index (κ2) is 5.05. The molecule has 0 spiro atoms. The predicted octanol–water partition coefficient (Wildman–Crippen LogP) is 2.58. The Morgan fingerprint density at radius 1 is 1.25 bits per heavy atom. The van der Waals surface area contributed by atoms with Crippen LogP contribution >= 0.6 is 11.3 Å². The summed E-state index contributed by atoms with van der Waals surface area (Å²) < 4.78 is 0. The van der Waals surface area contributed by atoms with Gasteiger partial charge >= 0.3 is 5.97 Å². The molecule has 0 unspecified atom stereocenters. The maximum atomic E-state index is 12.0. The molecule has 2 N–H and O–H groups in total. The second-order valence-electron chi connectivity index (χ2n) is 4.63. The molecule has 1 heterocycles. The molecule has 1 aliphatic carbocycles. The number of carbonyl (C=O) groups is 2. The molecule has 3 rings (SSSR count). The van der Waals surface area contributed by atoms with Gasteiger partial charge in [-0.05, 0) is 42.5 Å². The number of aromatic carboxylic acids is 1. The Morgan fingerprint density at radius 2 is 2.05 bits per heavy atom. The van der Waals surface area contributed by atoms with E-state index in [1.807, 2.05) is 18.2 Å². The summed E-state index contributed by atoms with van der Waals surface area (Å²) in [7, 11) is 0. The van der Waals surface area contributed by atoms with Gasteiger partial charge in [0.25, 0.3) is 5.91 Å². The topological polar surface area (TPSA) is 79.3 Å². The van der Waals surface area contributed by atoms with E-state index < -0.39 is 5.97 Å². The zero-order chi connectivity index (χ0) is 14.1. The highest BCUT2D eigenvalue weighted by Gasteiger charge is 2.16. The third-order valence-corrected chi connectivity index (χ3v) is 4.11. The van der Waals surface area contributed by atoms with Crippen LogP contribution in [-0.4, -0.2) is 22.0 Å². The van der Waals surface area contributed by atoms with E-state index in [1.165, 1.54) is 16.5 Å². The summed E-state index contributed by atoms with van der Waals surface area (Å²) in [6, 6.07) is 5.88. The van der Waals surface area contributed by atoms with Gasteiger partial charge in [-0.15, -0.1) is 11.3 Å². The fourth-order valence-electron chi connectivity index (χ4n) is 2.31. The molecular weight excluding hydrogens is 276 g/mol. The van der Waals surface area contributed by atoms with Gasteiger partial charge in [-0.1, -0.05) is 6.07 Å². The van der Waals surface area contributed by atoms with Crippen molar-refractivity contribution in [2.75, 3.05) is 5.32 Å². The molecule has 0 bridgehead atoms. The predicted molar refractivity (Wildman–Crippen MR) is 75.5 cm³/mol. The second-order valence-corrected chi connectivity index (χ2v) is 5.49. The number of carboxylic acid groups (broad SMARTS) is 1. The normalized spacial score (nSPS) is 13.0. The van der Waals surface area contributed by atoms with Crippen LogP contribution in [0.25, 0.3) is 0 Å². The molecule has 20 heavy (non-hydrogen) atoms. The molecule has 6 heteroatoms. The Balaban J connectivity index is 1.76. The van der Waals surface area contributed by atoms with Crippen molar-refractivity contribution in [3.63, 3.8) is 0 Å². The Morgan fingerprint density at radius 3 is 2.80 bits per heavy atom. The first-order chi connectivity index (χ1) is 9.63. The first kappa shape index (κ1) is 12.8. The zero-order valence-corrected chi connectivity index (χ0v) is 11.4. The Labute approximate surface area is 119 Å². The highest BCUT2D eigenvalue weighted by molar-refractivity contribution is 7.12. The molecular formula is C14H12N2O3S. The van der Waals surface area contributed by atoms with Crippen molar-refractivity contribution < 1.29 is 14.7 Å². The van der Waals surface area contributed by atoms with Gasteiger partial charge in [0, 0.05) is 11.1 Å². The maximum absolute atomic E-state index is 12.0. The van der Waals surface area contributed by atoms with Crippen molar-refractivity contribution in [2.45, 2.75) is 19.3 Å². The number of nitrogens with one attached hydrogen (secondary N) is 1. The molecule has 1 aromatic heterocycles. The standard InChI is InChI=1S/C14H12N2O3S/c17-12(13-16-11(7-20-13)14(18)19)15-10-5-4-8-2-1-3-9(8)6-10/h4-7H,1-3H2,(H,15,17)(H,18,19). The highest BCUT2D eigenvalue weighted by Crippen LogP contribution is 2.25. The van der Waals surface area contributed by atoms with E-state index in [2.05, 4.69) is 10.3 Å². The molecule has 102 valence electrons. The molecule has 0 atom stereocenters. The summed E-state index contributed by atoms with van der Waals surface area (Å²) in [5.41, 5.74) is 3.23. The molecule has 1 aliphatic rings. The largest absolute Gasteiger partial charge is 0.476 e. The molecule has 0 saturated heterocycles. The molecule has 0 saturated carbocycles. The quantitative estimate of drug-likeness (QED) is 0.909. The van der Waals surface area contributed by atoms with Crippen molar-refractivity contribution in [3.05, 3.63) is 45.4 Å². The molecule has 5 nitrogen and oxygen atoms in total. The number of amides is 1. The lowest BCUT2D eigenvalue weighted by molar-refractivity contribution is 0.0691. The minimum Gasteiger partial charge on any atom is -0.476 e. The Bertz CT molecular complexity index is 693. The first-order valence-electron chi connectivity index (χ1n) is 6.25. The van der Waals surface area contributed by atoms with Crippen molar-refractivity contribution in [2.24, 2.45) is 0 Å². The van der Waals surface area contributed by atoms with Crippen LogP contribution < -0.4 is 5.32 Å². The summed E-state index contributed by atoms with van der Waals surface area (Å²) in [4.78, 5) is 26.5. The highest BCUT2D eigenvalue weighted by atomic mass is 32.1. The van der Waals surface area contributed by atoms with Crippen molar-refractivity contribution in [1.29, 1.82) is 0 Å². The van der Waals surface area contributed by atoms with Crippen LogP contribution in [-0.2, 0) is 12.8 Å². The van der Waals surface area contributed by atoms with Crippen molar-refractivity contribution in [3.8, 4) is 0 Å². The van der Waals surface area contributed by atoms with E-state index in [9.17, 15) is 9.59 Å². The number of aromatic nitrogens is 1. The number of carbonyl (C=O) groups excluding carboxylic acids is 1. The molecule has 0 fully saturated rings. The van der Waals surface area contributed by atoms with Crippen LogP contribution in [0.1, 0.15) is 37.8 Å². The number of fused-ring (bicyclic) bond motifs is 1. The van der Waals surface area contributed by atoms with Gasteiger partial charge in [-0.25, -0.2) is 9.78 Å². The first-order valence-corrected chi connectivity index (χ1v) is 7.13. The van der Waals surface area contributed by atoms with Gasteiger partial charge in [0.15, 0.2) is 10.7 Å². The number of hydrogen-bond acceptors (Lipinski definition) is 4. The smallest absolute Gasteiger partial charge is 0.355 e. The number of aryl methyl sites for hydroxylation is 2. The molecule has 0 radical (unpaired) electrons. The third-order valence-electron chi connectivity index (χ3n) is 3.27. The van der Waals surface area contributed by atoms with Gasteiger partial charge < -0.3 is 10.4 Å². The van der Waals surface area contributed by atoms with Crippen LogP contribution in [0.4, 0.5) is 5.69 Å². The monoisotopic (exact) mass is 288 g/mol. The van der Waals surface area contributed by atoms with E-state index in [-0.39, 0.29) is 16.6 Å². The van der Waals surface area contributed by atoms with Gasteiger partial charge in [0.2, 0.25) is 0 Å². The average molecular weight is 288 g/mol. The third kappa shape index (κ3) is 2.42. The number of carboxylic acids is 1. The summed E-state index contributed by atoms with van der Waals surface area (Å²) in [6.45, 7) is 0. The van der Waals surface area contributed by atoms with E-state index in [0.29, 0.717) is 0 Å². The summed E-state index contributed by atoms with van der Waals surface area (Å²) in [6.07, 6.45) is 3.29. The van der Waals surface area contributed by atoms with E-state index >= 15 is 0 Å². The lowest BCUT2D eigenvalue weighted by Gasteiger charge is -2.05. The molecule has 0 aliphatic heterocycles. The summed E-state index contributed by atoms with van der Waals surface area (Å²) in [5, 5.41) is 13.1. The van der Waals surface area contributed by atoms with E-state index in [1.54, 1.807) is 0 Å². The summed E-state index contributed by atoms with van der Waals surface area (Å²) in [5.74, 6) is -1.50. The van der Waals surface area contributed by atoms with Crippen molar-refractivity contribution in [1.82, 2.24) is 4.98 Å². The van der Waals surface area contributed by atoms with Crippen molar-refractivity contribution >= 4 is 28.9 Å². The number of nitrogens with zero attached hydrogens (tertiary/aromatic N) is 1. The SMILES string of the molecule is O=C(O)c1csc(C(=O)Nc2ccc3c(c2)CCC3)n1. The lowest BCUT2D eigenvalue weighted by Crippen LogP contribution is -2.12. The Hall–Kier alpha value is -2.21. The zero-order valence-electron chi connectivity index (χ0n) is 10.5. The minimum absolute atomic E-state index is 0.103. The average Bonchev–Trinajstić information content (AvgIpc) is 3.07. The van der Waals surface area contributed by atoms with E-state index in [0.717, 1.165) is 36.3 Å². The van der Waals surface area contributed by atoms with Crippen LogP contribution in [0.15, 0.2) is 23.6 Å². The lowest BCUT2D eigenvalue weighted by atomic mass is 10.1. The fourth-order valence-corrected chi connectivity index (χ4v) is 3.00. The maximum Gasteiger partial charge on any atom is 0.355 e. The van der Waals surface area contributed by atoms with Crippen LogP contribution in [0.5, 0.6) is 0 Å². The number of hydrogen-bond donors (Lipinski definition) is 2. The number of rotatable bonds is 3. The number of anilines is 1. The Kier molecular flexibility index (Phi) is 3.23. The van der Waals surface area contributed by atoms with Crippen LogP contribution in [0, 0.1) is 0 Å². The van der Waals surface area contributed by atoms with Crippen LogP contribution in [0.3, 0.4) is 0 Å². The molecule has 1 aromatic carbocycles. The van der Waals surface area contributed by atoms with Gasteiger partial charge in [-0.2, -0.15) is 0 Å². The molecule has 2 aromatic rings. The van der Waals surface area contributed by atoms with Crippen LogP contribution in [0.2, 0.25) is 0 Å². The number of thiazole rings is 1. The minimum atomic E-state index is -1.13. The fraction of sp³-hybridized carbons (Fsp3) is 0.214. The number of benzene rings is 1. The van der Waals surface area contributed by atoms with Gasteiger partial charge in [-0.3, -0.25) is 4.79 Å². The van der Waals surface area contributed by atoms with Gasteiger partial charge in [0.05, 0.1) is 0 Å².